The van der Waals surface area contributed by atoms with Gasteiger partial charge in [0.1, 0.15) is 17.3 Å². The zero-order chi connectivity index (χ0) is 15.6. The van der Waals surface area contributed by atoms with E-state index >= 15 is 0 Å². The van der Waals surface area contributed by atoms with E-state index in [0.717, 1.165) is 29.9 Å². The summed E-state index contributed by atoms with van der Waals surface area (Å²) in [6, 6.07) is 0. The molecule has 2 N–H and O–H groups in total. The fourth-order valence-electron chi connectivity index (χ4n) is 2.52. The van der Waals surface area contributed by atoms with Crippen molar-refractivity contribution in [2.24, 2.45) is 7.05 Å². The van der Waals surface area contributed by atoms with Gasteiger partial charge in [0.25, 0.3) is 0 Å². The van der Waals surface area contributed by atoms with Gasteiger partial charge in [0.15, 0.2) is 0 Å². The van der Waals surface area contributed by atoms with Gasteiger partial charge in [0.2, 0.25) is 5.88 Å². The summed E-state index contributed by atoms with van der Waals surface area (Å²) in [7, 11) is 3.44. The molecule has 0 fully saturated rings. The van der Waals surface area contributed by atoms with Gasteiger partial charge in [-0.25, -0.2) is 9.67 Å². The highest BCUT2D eigenvalue weighted by atomic mass is 16.5. The summed E-state index contributed by atoms with van der Waals surface area (Å²) in [5.74, 6) is 4.73. The normalized spacial score (nSPS) is 10.6. The Kier molecular flexibility index (Phi) is 4.22. The second kappa shape index (κ2) is 5.92. The Bertz CT molecular complexity index is 690. The number of methoxy groups -OCH3 is 1. The Morgan fingerprint density at radius 1 is 1.43 bits per heavy atom. The van der Waals surface area contributed by atoms with Gasteiger partial charge in [-0.2, -0.15) is 5.10 Å². The minimum absolute atomic E-state index is 0.412. The molecule has 2 heterocycles. The largest absolute Gasteiger partial charge is 0.481 e. The van der Waals surface area contributed by atoms with E-state index in [1.54, 1.807) is 11.8 Å². The highest BCUT2D eigenvalue weighted by Crippen LogP contribution is 2.36. The molecule has 2 rings (SSSR count). The number of imidazole rings is 1. The van der Waals surface area contributed by atoms with E-state index < -0.39 is 0 Å². The maximum atomic E-state index is 6.27. The number of aryl methyl sites for hydroxylation is 3. The predicted octanol–water partition coefficient (Wildman–Crippen LogP) is 1.77. The van der Waals surface area contributed by atoms with Crippen molar-refractivity contribution in [3.8, 4) is 29.5 Å². The van der Waals surface area contributed by atoms with Crippen LogP contribution in [0.5, 0.6) is 5.88 Å². The van der Waals surface area contributed by atoms with Crippen molar-refractivity contribution in [3.05, 3.63) is 11.5 Å². The quantitative estimate of drug-likeness (QED) is 0.851. The minimum Gasteiger partial charge on any atom is -0.481 e. The fraction of sp³-hybridized carbons (Fsp3) is 0.467. The van der Waals surface area contributed by atoms with Crippen molar-refractivity contribution < 1.29 is 4.74 Å². The van der Waals surface area contributed by atoms with E-state index in [-0.39, 0.29) is 0 Å². The van der Waals surface area contributed by atoms with Crippen molar-refractivity contribution in [1.29, 1.82) is 0 Å². The number of nitrogens with two attached hydrogens (primary N) is 1. The predicted molar refractivity (Wildman–Crippen MR) is 83.0 cm³/mol. The van der Waals surface area contributed by atoms with Crippen LogP contribution in [0.25, 0.3) is 11.3 Å². The Labute approximate surface area is 124 Å². The summed E-state index contributed by atoms with van der Waals surface area (Å²) >= 11 is 0. The van der Waals surface area contributed by atoms with Crippen LogP contribution < -0.4 is 10.5 Å². The van der Waals surface area contributed by atoms with E-state index in [0.29, 0.717) is 23.9 Å². The molecule has 112 valence electrons. The molecule has 2 aromatic heterocycles. The van der Waals surface area contributed by atoms with Gasteiger partial charge in [0.05, 0.1) is 24.9 Å². The number of anilines is 1. The lowest BCUT2D eigenvalue weighted by molar-refractivity contribution is 0.374. The summed E-state index contributed by atoms with van der Waals surface area (Å²) < 4.78 is 8.99. The van der Waals surface area contributed by atoms with Crippen LogP contribution in [-0.4, -0.2) is 26.4 Å². The van der Waals surface area contributed by atoms with Crippen LogP contribution in [0.2, 0.25) is 0 Å². The number of nitrogen functional groups attached to an aromatic ring is 1. The number of terminal acetylenes is 1. The molecule has 0 saturated carbocycles. The average molecular weight is 287 g/mol. The van der Waals surface area contributed by atoms with E-state index in [2.05, 4.69) is 22.9 Å². The molecule has 2 aromatic rings. The topological polar surface area (TPSA) is 70.9 Å². The van der Waals surface area contributed by atoms with Crippen LogP contribution in [0.3, 0.4) is 0 Å². The van der Waals surface area contributed by atoms with E-state index in [9.17, 15) is 0 Å². The Hall–Kier alpha value is -2.42. The van der Waals surface area contributed by atoms with Gasteiger partial charge in [-0.3, -0.25) is 0 Å². The lowest BCUT2D eigenvalue weighted by atomic mass is 10.2. The molecule has 0 bridgehead atoms. The molecule has 0 amide bonds. The zero-order valence-electron chi connectivity index (χ0n) is 13.0. The number of ether oxygens (including phenoxy) is 1. The van der Waals surface area contributed by atoms with Crippen LogP contribution in [-0.2, 0) is 20.0 Å². The molecular formula is C15H21N5O. The van der Waals surface area contributed by atoms with Crippen LogP contribution in [0.4, 0.5) is 5.82 Å². The molecule has 6 heteroatoms. The van der Waals surface area contributed by atoms with Gasteiger partial charge in [-0.1, -0.05) is 12.8 Å². The third kappa shape index (κ3) is 2.47. The van der Waals surface area contributed by atoms with Crippen LogP contribution in [0.15, 0.2) is 0 Å². The first-order valence-corrected chi connectivity index (χ1v) is 6.91. The maximum Gasteiger partial charge on any atom is 0.221 e. The molecule has 0 spiro atoms. The monoisotopic (exact) mass is 287 g/mol. The van der Waals surface area contributed by atoms with E-state index in [1.165, 1.54) is 0 Å². The Morgan fingerprint density at radius 3 is 2.71 bits per heavy atom. The summed E-state index contributed by atoms with van der Waals surface area (Å²) in [6.45, 7) is 4.42. The van der Waals surface area contributed by atoms with Gasteiger partial charge >= 0.3 is 0 Å². The third-order valence-corrected chi connectivity index (χ3v) is 3.41. The van der Waals surface area contributed by atoms with Gasteiger partial charge in [0, 0.05) is 13.5 Å². The molecule has 6 nitrogen and oxygen atoms in total. The fourth-order valence-corrected chi connectivity index (χ4v) is 2.52. The summed E-state index contributed by atoms with van der Waals surface area (Å²) in [5, 5.41) is 4.38. The molecule has 0 unspecified atom stereocenters. The lowest BCUT2D eigenvalue weighted by Gasteiger charge is -2.05. The number of hydrogen-bond acceptors (Lipinski definition) is 4. The van der Waals surface area contributed by atoms with Crippen molar-refractivity contribution in [3.63, 3.8) is 0 Å². The molecule has 0 aliphatic rings. The van der Waals surface area contributed by atoms with Crippen LogP contribution >= 0.6 is 0 Å². The van der Waals surface area contributed by atoms with E-state index in [1.807, 2.05) is 18.5 Å². The molecule has 0 atom stereocenters. The number of rotatable bonds is 5. The summed E-state index contributed by atoms with van der Waals surface area (Å²) in [5.41, 5.74) is 8.61. The Morgan fingerprint density at radius 2 is 2.14 bits per heavy atom. The minimum atomic E-state index is 0.412. The second-order valence-corrected chi connectivity index (χ2v) is 4.90. The SMILES string of the molecule is C#CCn1c(CCC)nc(-c2c(C)nn(C)c2OC)c1N. The first kappa shape index (κ1) is 15.0. The van der Waals surface area contributed by atoms with Crippen molar-refractivity contribution in [1.82, 2.24) is 19.3 Å². The highest BCUT2D eigenvalue weighted by molar-refractivity contribution is 5.77. The number of aromatic nitrogens is 4. The van der Waals surface area contributed by atoms with Crippen molar-refractivity contribution >= 4 is 5.82 Å². The number of hydrogen-bond donors (Lipinski definition) is 1. The average Bonchev–Trinajstić information content (AvgIpc) is 2.89. The maximum absolute atomic E-state index is 6.27. The number of nitrogens with zero attached hydrogens (tertiary/aromatic N) is 4. The van der Waals surface area contributed by atoms with Crippen molar-refractivity contribution in [2.75, 3.05) is 12.8 Å². The third-order valence-electron chi connectivity index (χ3n) is 3.41. The first-order chi connectivity index (χ1) is 10.0. The molecular weight excluding hydrogens is 266 g/mol. The molecule has 0 aliphatic carbocycles. The zero-order valence-corrected chi connectivity index (χ0v) is 13.0. The van der Waals surface area contributed by atoms with Crippen LogP contribution in [0.1, 0.15) is 24.9 Å². The first-order valence-electron chi connectivity index (χ1n) is 6.91. The lowest BCUT2D eigenvalue weighted by Crippen LogP contribution is -2.06. The van der Waals surface area contributed by atoms with E-state index in [4.69, 9.17) is 16.9 Å². The van der Waals surface area contributed by atoms with Gasteiger partial charge in [-0.15, -0.1) is 6.42 Å². The molecule has 0 radical (unpaired) electrons. The van der Waals surface area contributed by atoms with Gasteiger partial charge in [-0.05, 0) is 13.3 Å². The molecule has 0 saturated heterocycles. The molecule has 21 heavy (non-hydrogen) atoms. The molecule has 0 aliphatic heterocycles. The summed E-state index contributed by atoms with van der Waals surface area (Å²) in [6.07, 6.45) is 7.24. The van der Waals surface area contributed by atoms with Gasteiger partial charge < -0.3 is 15.0 Å². The summed E-state index contributed by atoms with van der Waals surface area (Å²) in [4.78, 5) is 4.68. The highest BCUT2D eigenvalue weighted by Gasteiger charge is 2.23. The van der Waals surface area contributed by atoms with Crippen molar-refractivity contribution in [2.45, 2.75) is 33.2 Å². The Balaban J connectivity index is 2.65. The van der Waals surface area contributed by atoms with Crippen LogP contribution in [0, 0.1) is 19.3 Å². The standard InChI is InChI=1S/C15H21N5O/c1-6-8-11-17-13(14(16)20(11)9-7-2)12-10(3)18-19(4)15(12)21-5/h2H,6,8-9,16H2,1,3-5H3. The molecule has 0 aromatic carbocycles. The smallest absolute Gasteiger partial charge is 0.221 e. The second-order valence-electron chi connectivity index (χ2n) is 4.90.